The van der Waals surface area contributed by atoms with Crippen molar-refractivity contribution in [2.75, 3.05) is 6.54 Å². The van der Waals surface area contributed by atoms with Gasteiger partial charge in [0.2, 0.25) is 0 Å². The fourth-order valence-electron chi connectivity index (χ4n) is 1.86. The zero-order valence-electron chi connectivity index (χ0n) is 10.8. The van der Waals surface area contributed by atoms with Crippen molar-refractivity contribution in [3.63, 3.8) is 0 Å². The minimum atomic E-state index is -0.0584. The molecular formula is C14H22N2O. The molecule has 1 aliphatic carbocycles. The van der Waals surface area contributed by atoms with Crippen LogP contribution in [0.5, 0.6) is 0 Å². The van der Waals surface area contributed by atoms with E-state index in [1.807, 2.05) is 13.0 Å². The first kappa shape index (κ1) is 12.1. The van der Waals surface area contributed by atoms with Crippen LogP contribution in [-0.2, 0) is 0 Å². The van der Waals surface area contributed by atoms with Gasteiger partial charge in [-0.25, -0.2) is 4.98 Å². The topological polar surface area (TPSA) is 42.0 Å². The molecule has 0 radical (unpaired) electrons. The minimum absolute atomic E-state index is 0. The van der Waals surface area contributed by atoms with Crippen molar-refractivity contribution in [1.82, 2.24) is 10.3 Å². The second kappa shape index (κ2) is 4.86. The summed E-state index contributed by atoms with van der Waals surface area (Å²) in [6.45, 7) is 6.86. The normalized spacial score (nSPS) is 15.1. The van der Waals surface area contributed by atoms with E-state index < -0.39 is 0 Å². The number of hydrogen-bond acceptors (Lipinski definition) is 2. The number of rotatable bonds is 4. The van der Waals surface area contributed by atoms with Gasteiger partial charge < -0.3 is 5.32 Å². The molecule has 0 bridgehead atoms. The molecule has 0 spiro atoms. The van der Waals surface area contributed by atoms with Gasteiger partial charge in [-0.3, -0.25) is 4.79 Å². The maximum Gasteiger partial charge on any atom is 0.269 e. The molecule has 1 amide bonds. The second-order valence-corrected chi connectivity index (χ2v) is 5.00. The molecule has 1 saturated carbocycles. The highest BCUT2D eigenvalue weighted by atomic mass is 16.1. The van der Waals surface area contributed by atoms with Crippen molar-refractivity contribution in [3.05, 3.63) is 29.1 Å². The van der Waals surface area contributed by atoms with Crippen molar-refractivity contribution in [2.45, 2.75) is 45.4 Å². The Morgan fingerprint density at radius 1 is 1.53 bits per heavy atom. The summed E-state index contributed by atoms with van der Waals surface area (Å²) in [5.74, 6) is 0.961. The van der Waals surface area contributed by atoms with E-state index in [4.69, 9.17) is 0 Å². The Bertz CT molecular complexity index is 408. The molecule has 1 aliphatic rings. The van der Waals surface area contributed by atoms with Crippen LogP contribution in [-0.4, -0.2) is 17.4 Å². The summed E-state index contributed by atoms with van der Waals surface area (Å²) >= 11 is 0. The molecule has 1 heterocycles. The van der Waals surface area contributed by atoms with Crippen molar-refractivity contribution in [1.29, 1.82) is 0 Å². The van der Waals surface area contributed by atoms with Crippen molar-refractivity contribution in [2.24, 2.45) is 0 Å². The van der Waals surface area contributed by atoms with Gasteiger partial charge >= 0.3 is 0 Å². The molecule has 3 heteroatoms. The molecule has 0 aliphatic heterocycles. The Morgan fingerprint density at radius 3 is 2.76 bits per heavy atom. The van der Waals surface area contributed by atoms with Crippen LogP contribution in [0.2, 0.25) is 0 Å². The lowest BCUT2D eigenvalue weighted by Gasteiger charge is -2.10. The largest absolute Gasteiger partial charge is 0.351 e. The lowest BCUT2D eigenvalue weighted by Crippen LogP contribution is -2.24. The van der Waals surface area contributed by atoms with Gasteiger partial charge in [0.1, 0.15) is 5.69 Å². The van der Waals surface area contributed by atoms with E-state index in [2.05, 4.69) is 30.2 Å². The van der Waals surface area contributed by atoms with Gasteiger partial charge in [-0.1, -0.05) is 13.8 Å². The zero-order valence-corrected chi connectivity index (χ0v) is 10.8. The third-order valence-corrected chi connectivity index (χ3v) is 3.10. The van der Waals surface area contributed by atoms with Crippen LogP contribution in [0.1, 0.15) is 68.6 Å². The monoisotopic (exact) mass is 234 g/mol. The van der Waals surface area contributed by atoms with Crippen LogP contribution < -0.4 is 5.32 Å². The van der Waals surface area contributed by atoms with Gasteiger partial charge in [0.05, 0.1) is 0 Å². The lowest BCUT2D eigenvalue weighted by atomic mass is 10.0. The molecule has 0 atom stereocenters. The molecule has 3 nitrogen and oxygen atoms in total. The molecule has 1 fully saturated rings. The predicted octanol–water partition coefficient (Wildman–Crippen LogP) is 3.08. The summed E-state index contributed by atoms with van der Waals surface area (Å²) in [7, 11) is 0. The summed E-state index contributed by atoms with van der Waals surface area (Å²) in [5, 5.41) is 2.81. The maximum atomic E-state index is 11.8. The quantitative estimate of drug-likeness (QED) is 0.870. The zero-order chi connectivity index (χ0) is 12.4. The average molecular weight is 234 g/mol. The Kier molecular flexibility index (Phi) is 3.46. The van der Waals surface area contributed by atoms with Crippen LogP contribution in [0.3, 0.4) is 0 Å². The van der Waals surface area contributed by atoms with Crippen LogP contribution in [0.25, 0.3) is 0 Å². The van der Waals surface area contributed by atoms with Crippen LogP contribution in [0.15, 0.2) is 12.1 Å². The van der Waals surface area contributed by atoms with E-state index in [0.29, 0.717) is 24.1 Å². The third-order valence-electron chi connectivity index (χ3n) is 3.10. The van der Waals surface area contributed by atoms with Crippen LogP contribution in [0, 0.1) is 0 Å². The first-order chi connectivity index (χ1) is 8.11. The molecule has 1 N–H and O–H groups in total. The van der Waals surface area contributed by atoms with Gasteiger partial charge in [0.25, 0.3) is 5.91 Å². The third kappa shape index (κ3) is 2.84. The Morgan fingerprint density at radius 2 is 2.24 bits per heavy atom. The number of hydrogen-bond donors (Lipinski definition) is 1. The number of carbonyl (C=O) groups is 1. The molecule has 1 aromatic heterocycles. The highest BCUT2D eigenvalue weighted by molar-refractivity contribution is 5.92. The summed E-state index contributed by atoms with van der Waals surface area (Å²) in [5.41, 5.74) is 2.88. The van der Waals surface area contributed by atoms with E-state index >= 15 is 0 Å². The lowest BCUT2D eigenvalue weighted by molar-refractivity contribution is 0.0950. The molecule has 2 rings (SSSR count). The number of aromatic nitrogens is 1. The van der Waals surface area contributed by atoms with Crippen LogP contribution in [0.4, 0.5) is 0 Å². The van der Waals surface area contributed by atoms with Gasteiger partial charge in [0, 0.05) is 19.6 Å². The summed E-state index contributed by atoms with van der Waals surface area (Å²) in [4.78, 5) is 16.3. The molecule has 1 aromatic rings. The standard InChI is InChI=1S/C14H20N2O.H2/c1-4-15-14(17)13-8-11(9(2)3)7-12(16-13)10-5-6-10;/h7-10H,4-6H2,1-3H3,(H,15,17);1H. The van der Waals surface area contributed by atoms with Crippen molar-refractivity contribution >= 4 is 5.91 Å². The van der Waals surface area contributed by atoms with Gasteiger partial charge in [-0.2, -0.15) is 0 Å². The Hall–Kier alpha value is -1.38. The number of nitrogens with one attached hydrogen (secondary N) is 1. The SMILES string of the molecule is CCNC(=O)c1cc(C(C)C)cc(C2CC2)n1.[HH]. The van der Waals surface area contributed by atoms with E-state index in [9.17, 15) is 4.79 Å². The average Bonchev–Trinajstić information content (AvgIpc) is 3.12. The Balaban J connectivity index is 0.00000162. The fourth-order valence-corrected chi connectivity index (χ4v) is 1.86. The smallest absolute Gasteiger partial charge is 0.269 e. The number of nitrogens with zero attached hydrogens (tertiary/aromatic N) is 1. The molecule has 0 saturated heterocycles. The Labute approximate surface area is 104 Å². The van der Waals surface area contributed by atoms with E-state index in [0.717, 1.165) is 5.69 Å². The molecular weight excluding hydrogens is 212 g/mol. The predicted molar refractivity (Wildman–Crippen MR) is 70.4 cm³/mol. The highest BCUT2D eigenvalue weighted by Gasteiger charge is 2.26. The second-order valence-electron chi connectivity index (χ2n) is 5.00. The molecule has 0 aromatic carbocycles. The minimum Gasteiger partial charge on any atom is -0.351 e. The van der Waals surface area contributed by atoms with E-state index in [1.165, 1.54) is 18.4 Å². The van der Waals surface area contributed by atoms with Gasteiger partial charge in [0.15, 0.2) is 0 Å². The van der Waals surface area contributed by atoms with Gasteiger partial charge in [-0.05, 0) is 43.4 Å². The number of amides is 1. The number of pyridine rings is 1. The first-order valence-corrected chi connectivity index (χ1v) is 6.42. The fraction of sp³-hybridized carbons (Fsp3) is 0.571. The van der Waals surface area contributed by atoms with E-state index in [-0.39, 0.29) is 7.33 Å². The van der Waals surface area contributed by atoms with Gasteiger partial charge in [-0.15, -0.1) is 0 Å². The summed E-state index contributed by atoms with van der Waals surface area (Å²) in [6.07, 6.45) is 2.42. The first-order valence-electron chi connectivity index (χ1n) is 6.42. The molecule has 94 valence electrons. The summed E-state index contributed by atoms with van der Waals surface area (Å²) < 4.78 is 0. The van der Waals surface area contributed by atoms with Crippen molar-refractivity contribution in [3.8, 4) is 0 Å². The van der Waals surface area contributed by atoms with Crippen LogP contribution >= 0.6 is 0 Å². The van der Waals surface area contributed by atoms with E-state index in [1.54, 1.807) is 0 Å². The highest BCUT2D eigenvalue weighted by Crippen LogP contribution is 2.39. The summed E-state index contributed by atoms with van der Waals surface area (Å²) in [6, 6.07) is 4.08. The molecule has 0 unspecified atom stereocenters. The molecule has 17 heavy (non-hydrogen) atoms. The van der Waals surface area contributed by atoms with Crippen molar-refractivity contribution < 1.29 is 6.22 Å². The maximum absolute atomic E-state index is 11.8. The number of carbonyl (C=O) groups excluding carboxylic acids is 1.